The van der Waals surface area contributed by atoms with Gasteiger partial charge in [0.15, 0.2) is 0 Å². The van der Waals surface area contributed by atoms with E-state index in [2.05, 4.69) is 24.2 Å². The van der Waals surface area contributed by atoms with Gasteiger partial charge in [0.05, 0.1) is 11.5 Å². The predicted molar refractivity (Wildman–Crippen MR) is 69.9 cm³/mol. The number of sulfone groups is 1. The van der Waals surface area contributed by atoms with Gasteiger partial charge in [0.2, 0.25) is 0 Å². The third-order valence-corrected chi connectivity index (χ3v) is 5.95. The summed E-state index contributed by atoms with van der Waals surface area (Å²) in [6, 6.07) is 1.62. The molecular weight excluding hydrogens is 236 g/mol. The van der Waals surface area contributed by atoms with Crippen molar-refractivity contribution >= 4 is 9.84 Å². The van der Waals surface area contributed by atoms with Crippen molar-refractivity contribution in [3.05, 3.63) is 0 Å². The van der Waals surface area contributed by atoms with Crippen LogP contribution in [-0.4, -0.2) is 56.5 Å². The van der Waals surface area contributed by atoms with Crippen LogP contribution < -0.4 is 5.32 Å². The SMILES string of the molecule is CC1CC(NC2CCS(=O)(=O)CC2)CCN1C. The molecule has 0 radical (unpaired) electrons. The summed E-state index contributed by atoms with van der Waals surface area (Å²) < 4.78 is 22.7. The molecule has 2 fully saturated rings. The van der Waals surface area contributed by atoms with E-state index in [4.69, 9.17) is 0 Å². The number of likely N-dealkylation sites (tertiary alicyclic amines) is 1. The Bertz CT molecular complexity index is 342. The normalized spacial score (nSPS) is 35.9. The molecule has 2 aliphatic heterocycles. The third-order valence-electron chi connectivity index (χ3n) is 4.23. The Labute approximate surface area is 105 Å². The fraction of sp³-hybridized carbons (Fsp3) is 1.00. The molecule has 2 atom stereocenters. The molecule has 2 heterocycles. The molecule has 0 aromatic heterocycles. The molecule has 0 aliphatic carbocycles. The summed E-state index contributed by atoms with van der Waals surface area (Å²) in [6.45, 7) is 3.41. The van der Waals surface area contributed by atoms with Crippen LogP contribution in [0.15, 0.2) is 0 Å². The zero-order chi connectivity index (χ0) is 12.5. The molecule has 2 rings (SSSR count). The topological polar surface area (TPSA) is 49.4 Å². The summed E-state index contributed by atoms with van der Waals surface area (Å²) >= 11 is 0. The van der Waals surface area contributed by atoms with Gasteiger partial charge in [0.1, 0.15) is 9.84 Å². The summed E-state index contributed by atoms with van der Waals surface area (Å²) in [5, 5.41) is 3.66. The number of rotatable bonds is 2. The second-order valence-electron chi connectivity index (χ2n) is 5.64. The molecule has 0 amide bonds. The van der Waals surface area contributed by atoms with E-state index in [1.807, 2.05) is 0 Å². The first-order chi connectivity index (χ1) is 7.96. The molecule has 5 heteroatoms. The zero-order valence-corrected chi connectivity index (χ0v) is 11.7. The van der Waals surface area contributed by atoms with Crippen LogP contribution in [0.3, 0.4) is 0 Å². The Hall–Kier alpha value is -0.130. The molecular formula is C12H24N2O2S. The van der Waals surface area contributed by atoms with Gasteiger partial charge in [0, 0.05) is 18.1 Å². The van der Waals surface area contributed by atoms with E-state index in [1.54, 1.807) is 0 Å². The molecule has 4 nitrogen and oxygen atoms in total. The lowest BCUT2D eigenvalue weighted by Gasteiger charge is -2.38. The molecule has 2 aliphatic rings. The molecule has 2 unspecified atom stereocenters. The minimum absolute atomic E-state index is 0.368. The Morgan fingerprint density at radius 3 is 2.35 bits per heavy atom. The number of piperidine rings is 1. The number of nitrogens with one attached hydrogen (secondary N) is 1. The van der Waals surface area contributed by atoms with E-state index < -0.39 is 9.84 Å². The van der Waals surface area contributed by atoms with E-state index in [0.717, 1.165) is 19.4 Å². The fourth-order valence-electron chi connectivity index (χ4n) is 2.83. The van der Waals surface area contributed by atoms with Crippen LogP contribution in [0.2, 0.25) is 0 Å². The molecule has 2 saturated heterocycles. The fourth-order valence-corrected chi connectivity index (χ4v) is 4.32. The summed E-state index contributed by atoms with van der Waals surface area (Å²) in [4.78, 5) is 2.39. The molecule has 17 heavy (non-hydrogen) atoms. The van der Waals surface area contributed by atoms with Crippen LogP contribution in [0.4, 0.5) is 0 Å². The van der Waals surface area contributed by atoms with Crippen molar-refractivity contribution in [1.82, 2.24) is 10.2 Å². The highest BCUT2D eigenvalue weighted by Crippen LogP contribution is 2.19. The van der Waals surface area contributed by atoms with E-state index in [0.29, 0.717) is 29.6 Å². The second-order valence-corrected chi connectivity index (χ2v) is 7.95. The van der Waals surface area contributed by atoms with Gasteiger partial charge in [-0.15, -0.1) is 0 Å². The van der Waals surface area contributed by atoms with Gasteiger partial charge >= 0.3 is 0 Å². The Morgan fingerprint density at radius 2 is 1.76 bits per heavy atom. The third kappa shape index (κ3) is 3.66. The van der Waals surface area contributed by atoms with Crippen molar-refractivity contribution in [2.24, 2.45) is 0 Å². The number of nitrogens with zero attached hydrogens (tertiary/aromatic N) is 1. The smallest absolute Gasteiger partial charge is 0.150 e. The van der Waals surface area contributed by atoms with Gasteiger partial charge in [-0.05, 0) is 46.2 Å². The summed E-state index contributed by atoms with van der Waals surface area (Å²) in [6.07, 6.45) is 3.95. The van der Waals surface area contributed by atoms with Gasteiger partial charge in [-0.2, -0.15) is 0 Å². The van der Waals surface area contributed by atoms with Crippen molar-refractivity contribution in [3.63, 3.8) is 0 Å². The molecule has 0 aromatic rings. The van der Waals surface area contributed by atoms with Crippen molar-refractivity contribution in [3.8, 4) is 0 Å². The van der Waals surface area contributed by atoms with Gasteiger partial charge in [-0.3, -0.25) is 0 Å². The van der Waals surface area contributed by atoms with E-state index >= 15 is 0 Å². The van der Waals surface area contributed by atoms with Gasteiger partial charge in [0.25, 0.3) is 0 Å². The minimum atomic E-state index is -2.72. The standard InChI is InChI=1S/C12H24N2O2S/c1-10-9-12(3-6-14(10)2)13-11-4-7-17(15,16)8-5-11/h10-13H,3-9H2,1-2H3. The predicted octanol–water partition coefficient (Wildman–Crippen LogP) is 0.636. The highest BCUT2D eigenvalue weighted by atomic mass is 32.2. The van der Waals surface area contributed by atoms with Crippen molar-refractivity contribution in [1.29, 1.82) is 0 Å². The first-order valence-corrected chi connectivity index (χ1v) is 8.45. The maximum atomic E-state index is 11.3. The van der Waals surface area contributed by atoms with Crippen molar-refractivity contribution in [2.45, 2.75) is 50.7 Å². The van der Waals surface area contributed by atoms with Gasteiger partial charge in [-0.25, -0.2) is 8.42 Å². The van der Waals surface area contributed by atoms with Gasteiger partial charge < -0.3 is 10.2 Å². The number of hydrogen-bond acceptors (Lipinski definition) is 4. The first kappa shape index (κ1) is 13.3. The largest absolute Gasteiger partial charge is 0.311 e. The maximum absolute atomic E-state index is 11.3. The van der Waals surface area contributed by atoms with E-state index in [9.17, 15) is 8.42 Å². The van der Waals surface area contributed by atoms with Crippen LogP contribution in [-0.2, 0) is 9.84 Å². The first-order valence-electron chi connectivity index (χ1n) is 6.63. The monoisotopic (exact) mass is 260 g/mol. The van der Waals surface area contributed by atoms with Crippen LogP contribution in [0.1, 0.15) is 32.6 Å². The van der Waals surface area contributed by atoms with E-state index in [1.165, 1.54) is 12.8 Å². The Morgan fingerprint density at radius 1 is 1.12 bits per heavy atom. The maximum Gasteiger partial charge on any atom is 0.150 e. The average Bonchev–Trinajstić information content (AvgIpc) is 2.27. The average molecular weight is 260 g/mol. The highest BCUT2D eigenvalue weighted by molar-refractivity contribution is 7.91. The summed E-state index contributed by atoms with van der Waals surface area (Å²) in [5.41, 5.74) is 0. The van der Waals surface area contributed by atoms with Crippen molar-refractivity contribution < 1.29 is 8.42 Å². The highest BCUT2D eigenvalue weighted by Gasteiger charge is 2.28. The second kappa shape index (κ2) is 5.24. The molecule has 0 saturated carbocycles. The van der Waals surface area contributed by atoms with Crippen molar-refractivity contribution in [2.75, 3.05) is 25.1 Å². The van der Waals surface area contributed by atoms with Crippen LogP contribution in [0.5, 0.6) is 0 Å². The van der Waals surface area contributed by atoms with Crippen LogP contribution in [0.25, 0.3) is 0 Å². The zero-order valence-electron chi connectivity index (χ0n) is 10.9. The molecule has 0 bridgehead atoms. The lowest BCUT2D eigenvalue weighted by molar-refractivity contribution is 0.161. The summed E-state index contributed by atoms with van der Waals surface area (Å²) in [7, 11) is -0.550. The van der Waals surface area contributed by atoms with Gasteiger partial charge in [-0.1, -0.05) is 0 Å². The lowest BCUT2D eigenvalue weighted by atomic mass is 9.97. The van der Waals surface area contributed by atoms with E-state index in [-0.39, 0.29) is 0 Å². The van der Waals surface area contributed by atoms with Crippen LogP contribution in [0, 0.1) is 0 Å². The lowest BCUT2D eigenvalue weighted by Crippen LogP contribution is -2.50. The quantitative estimate of drug-likeness (QED) is 0.791. The Balaban J connectivity index is 1.79. The number of hydrogen-bond donors (Lipinski definition) is 1. The molecule has 0 aromatic carbocycles. The minimum Gasteiger partial charge on any atom is -0.311 e. The molecule has 0 spiro atoms. The Kier molecular flexibility index (Phi) is 4.10. The summed E-state index contributed by atoms with van der Waals surface area (Å²) in [5.74, 6) is 0.736. The molecule has 100 valence electrons. The van der Waals surface area contributed by atoms with Crippen LogP contribution >= 0.6 is 0 Å². The molecule has 1 N–H and O–H groups in total.